The highest BCUT2D eigenvalue weighted by Crippen LogP contribution is 2.24. The average molecular weight is 326 g/mol. The van der Waals surface area contributed by atoms with Crippen LogP contribution in [-0.4, -0.2) is 24.5 Å². The first-order chi connectivity index (χ1) is 9.78. The number of aryl methyl sites for hydroxylation is 2. The molecule has 0 aliphatic heterocycles. The van der Waals surface area contributed by atoms with Crippen LogP contribution in [0, 0.1) is 13.8 Å². The van der Waals surface area contributed by atoms with E-state index in [0.717, 1.165) is 22.5 Å². The fourth-order valence-electron chi connectivity index (χ4n) is 1.64. The average Bonchev–Trinajstić information content (AvgIpc) is 2.81. The topological polar surface area (TPSA) is 101 Å². The van der Waals surface area contributed by atoms with E-state index in [1.807, 2.05) is 26.0 Å². The minimum atomic E-state index is -3.82. The maximum Gasteiger partial charge on any atom is 0.291 e. The van der Waals surface area contributed by atoms with E-state index in [-0.39, 0.29) is 15.4 Å². The Labute approximate surface area is 126 Å². The van der Waals surface area contributed by atoms with Crippen LogP contribution in [-0.2, 0) is 14.8 Å². The molecular formula is C12H14N4O3S2. The standard InChI is InChI=1S/C12H14N4O3S2/c1-7-4-5-10(8(2)6-7)16-21(18,19)12-15-14-11(20-12)13-9(3)17/h4-6,16H,1-3H3,(H,13,14,17). The van der Waals surface area contributed by atoms with Crippen molar-refractivity contribution >= 4 is 38.1 Å². The number of hydrogen-bond acceptors (Lipinski definition) is 6. The van der Waals surface area contributed by atoms with Gasteiger partial charge in [-0.1, -0.05) is 29.0 Å². The van der Waals surface area contributed by atoms with Crippen molar-refractivity contribution in [1.29, 1.82) is 0 Å². The van der Waals surface area contributed by atoms with E-state index in [1.54, 1.807) is 6.07 Å². The minimum absolute atomic E-state index is 0.142. The Hall–Kier alpha value is -2.00. The van der Waals surface area contributed by atoms with Crippen LogP contribution < -0.4 is 10.0 Å². The maximum absolute atomic E-state index is 12.2. The van der Waals surface area contributed by atoms with Crippen molar-refractivity contribution in [2.24, 2.45) is 0 Å². The largest absolute Gasteiger partial charge is 0.301 e. The molecule has 0 bridgehead atoms. The van der Waals surface area contributed by atoms with Crippen LogP contribution in [0.15, 0.2) is 22.5 Å². The Morgan fingerprint density at radius 3 is 2.57 bits per heavy atom. The van der Waals surface area contributed by atoms with Crippen molar-refractivity contribution in [3.63, 3.8) is 0 Å². The third-order valence-corrected chi connectivity index (χ3v) is 5.12. The molecule has 2 N–H and O–H groups in total. The number of hydrogen-bond donors (Lipinski definition) is 2. The van der Waals surface area contributed by atoms with Gasteiger partial charge in [0.05, 0.1) is 5.69 Å². The number of carbonyl (C=O) groups excluding carboxylic acids is 1. The van der Waals surface area contributed by atoms with E-state index >= 15 is 0 Å². The second kappa shape index (κ2) is 5.78. The van der Waals surface area contributed by atoms with Gasteiger partial charge in [0.2, 0.25) is 11.0 Å². The Morgan fingerprint density at radius 1 is 1.24 bits per heavy atom. The summed E-state index contributed by atoms with van der Waals surface area (Å²) in [5.41, 5.74) is 2.33. The molecule has 0 aliphatic carbocycles. The fraction of sp³-hybridized carbons (Fsp3) is 0.250. The summed E-state index contributed by atoms with van der Waals surface area (Å²) in [6.45, 7) is 5.05. The predicted molar refractivity (Wildman–Crippen MR) is 80.9 cm³/mol. The number of sulfonamides is 1. The number of carbonyl (C=O) groups is 1. The van der Waals surface area contributed by atoms with Gasteiger partial charge in [0.1, 0.15) is 0 Å². The highest BCUT2D eigenvalue weighted by atomic mass is 32.2. The quantitative estimate of drug-likeness (QED) is 0.836. The second-order valence-electron chi connectivity index (χ2n) is 4.48. The predicted octanol–water partition coefficient (Wildman–Crippen LogP) is 1.91. The van der Waals surface area contributed by atoms with Crippen LogP contribution in [0.3, 0.4) is 0 Å². The molecule has 21 heavy (non-hydrogen) atoms. The molecule has 0 saturated carbocycles. The van der Waals surface area contributed by atoms with Gasteiger partial charge in [-0.25, -0.2) is 0 Å². The molecule has 0 atom stereocenters. The van der Waals surface area contributed by atoms with E-state index in [1.165, 1.54) is 6.92 Å². The summed E-state index contributed by atoms with van der Waals surface area (Å²) in [7, 11) is -3.82. The number of nitrogens with one attached hydrogen (secondary N) is 2. The Balaban J connectivity index is 2.25. The van der Waals surface area contributed by atoms with Gasteiger partial charge in [0.15, 0.2) is 0 Å². The van der Waals surface area contributed by atoms with Gasteiger partial charge in [-0.15, -0.1) is 10.2 Å². The Morgan fingerprint density at radius 2 is 1.95 bits per heavy atom. The maximum atomic E-state index is 12.2. The van der Waals surface area contributed by atoms with Crippen molar-refractivity contribution in [2.75, 3.05) is 10.0 Å². The van der Waals surface area contributed by atoms with Crippen LogP contribution in [0.2, 0.25) is 0 Å². The molecule has 0 aliphatic rings. The van der Waals surface area contributed by atoms with E-state index in [9.17, 15) is 13.2 Å². The highest BCUT2D eigenvalue weighted by molar-refractivity contribution is 7.94. The van der Waals surface area contributed by atoms with E-state index in [2.05, 4.69) is 20.2 Å². The molecule has 2 rings (SSSR count). The first-order valence-corrected chi connectivity index (χ1v) is 8.29. The number of rotatable bonds is 4. The smallest absolute Gasteiger partial charge is 0.291 e. The fourth-order valence-corrected chi connectivity index (χ4v) is 3.71. The molecule has 1 aromatic carbocycles. The number of benzene rings is 1. The normalized spacial score (nSPS) is 11.2. The van der Waals surface area contributed by atoms with Gasteiger partial charge in [0.25, 0.3) is 14.4 Å². The molecule has 0 unspecified atom stereocenters. The molecule has 112 valence electrons. The van der Waals surface area contributed by atoms with Crippen LogP contribution >= 0.6 is 11.3 Å². The zero-order valence-corrected chi connectivity index (χ0v) is 13.3. The van der Waals surface area contributed by atoms with Gasteiger partial charge in [-0.3, -0.25) is 9.52 Å². The van der Waals surface area contributed by atoms with Gasteiger partial charge < -0.3 is 5.32 Å². The molecule has 1 amide bonds. The molecule has 0 spiro atoms. The highest BCUT2D eigenvalue weighted by Gasteiger charge is 2.21. The summed E-state index contributed by atoms with van der Waals surface area (Å²) in [5, 5.41) is 9.74. The summed E-state index contributed by atoms with van der Waals surface area (Å²) in [6.07, 6.45) is 0. The van der Waals surface area contributed by atoms with Crippen LogP contribution in [0.4, 0.5) is 10.8 Å². The molecule has 2 aromatic rings. The summed E-state index contributed by atoms with van der Waals surface area (Å²) in [4.78, 5) is 10.9. The van der Waals surface area contributed by atoms with Gasteiger partial charge >= 0.3 is 0 Å². The SMILES string of the molecule is CC(=O)Nc1nnc(S(=O)(=O)Nc2ccc(C)cc2C)s1. The zero-order chi connectivity index (χ0) is 15.6. The summed E-state index contributed by atoms with van der Waals surface area (Å²) in [5.74, 6) is -0.336. The van der Waals surface area contributed by atoms with Crippen molar-refractivity contribution in [3.05, 3.63) is 29.3 Å². The lowest BCUT2D eigenvalue weighted by Gasteiger charge is -2.08. The molecule has 0 fully saturated rings. The summed E-state index contributed by atoms with van der Waals surface area (Å²) in [6, 6.07) is 5.38. The molecule has 1 aromatic heterocycles. The van der Waals surface area contributed by atoms with Crippen LogP contribution in [0.1, 0.15) is 18.1 Å². The first kappa shape index (κ1) is 15.4. The summed E-state index contributed by atoms with van der Waals surface area (Å²) >= 11 is 0.792. The number of nitrogens with zero attached hydrogens (tertiary/aromatic N) is 2. The first-order valence-electron chi connectivity index (χ1n) is 5.99. The second-order valence-corrected chi connectivity index (χ2v) is 7.31. The van der Waals surface area contributed by atoms with E-state index in [4.69, 9.17) is 0 Å². The van der Waals surface area contributed by atoms with Crippen LogP contribution in [0.5, 0.6) is 0 Å². The third-order valence-electron chi connectivity index (χ3n) is 2.55. The number of amides is 1. The lowest BCUT2D eigenvalue weighted by atomic mass is 10.1. The van der Waals surface area contributed by atoms with E-state index in [0.29, 0.717) is 5.69 Å². The van der Waals surface area contributed by atoms with Crippen molar-refractivity contribution < 1.29 is 13.2 Å². The monoisotopic (exact) mass is 326 g/mol. The molecule has 7 nitrogen and oxygen atoms in total. The van der Waals surface area contributed by atoms with Crippen molar-refractivity contribution in [1.82, 2.24) is 10.2 Å². The van der Waals surface area contributed by atoms with Gasteiger partial charge in [-0.05, 0) is 25.5 Å². The van der Waals surface area contributed by atoms with E-state index < -0.39 is 10.0 Å². The molecule has 0 saturated heterocycles. The van der Waals surface area contributed by atoms with Crippen LogP contribution in [0.25, 0.3) is 0 Å². The lowest BCUT2D eigenvalue weighted by molar-refractivity contribution is -0.114. The third kappa shape index (κ3) is 3.76. The number of anilines is 2. The minimum Gasteiger partial charge on any atom is -0.301 e. The molecule has 1 heterocycles. The Bertz CT molecular complexity index is 784. The zero-order valence-electron chi connectivity index (χ0n) is 11.7. The molecule has 0 radical (unpaired) electrons. The molecular weight excluding hydrogens is 312 g/mol. The van der Waals surface area contributed by atoms with Gasteiger partial charge in [0, 0.05) is 6.92 Å². The van der Waals surface area contributed by atoms with Crippen molar-refractivity contribution in [3.8, 4) is 0 Å². The lowest BCUT2D eigenvalue weighted by Crippen LogP contribution is -2.13. The summed E-state index contributed by atoms with van der Waals surface area (Å²) < 4.78 is 26.7. The van der Waals surface area contributed by atoms with Crippen molar-refractivity contribution in [2.45, 2.75) is 25.1 Å². The Kier molecular flexibility index (Phi) is 4.24. The van der Waals surface area contributed by atoms with Gasteiger partial charge in [-0.2, -0.15) is 8.42 Å². The molecule has 9 heteroatoms. The number of aromatic nitrogens is 2.